The van der Waals surface area contributed by atoms with Crippen molar-refractivity contribution in [2.45, 2.75) is 0 Å². The zero-order valence-corrected chi connectivity index (χ0v) is 10.5. The average Bonchev–Trinajstić information content (AvgIpc) is 2.58. The van der Waals surface area contributed by atoms with Crippen molar-refractivity contribution in [1.29, 1.82) is 10.5 Å². The van der Waals surface area contributed by atoms with E-state index in [2.05, 4.69) is 15.5 Å². The normalized spacial score (nSPS) is 16.9. The Balaban J connectivity index is 2.38. The number of benzene rings is 1. The molecule has 1 heterocycles. The summed E-state index contributed by atoms with van der Waals surface area (Å²) in [6, 6.07) is 12.9. The fraction of sp³-hybridized carbons (Fsp3) is 0. The molecule has 0 radical (unpaired) electrons. The van der Waals surface area contributed by atoms with Gasteiger partial charge in [0.2, 0.25) is 0 Å². The summed E-state index contributed by atoms with van der Waals surface area (Å²) in [7, 11) is 0. The summed E-state index contributed by atoms with van der Waals surface area (Å²) in [4.78, 5) is 4.29. The molecular weight excluding hydrogens is 260 g/mol. The molecule has 0 bridgehead atoms. The maximum Gasteiger partial charge on any atom is 0.188 e. The molecule has 3 N–H and O–H groups in total. The first kappa shape index (κ1) is 12.7. The molecule has 1 aliphatic heterocycles. The second-order valence-electron chi connectivity index (χ2n) is 3.39. The summed E-state index contributed by atoms with van der Waals surface area (Å²) in [5.74, 6) is 0. The number of nitrogens with one attached hydrogen (secondary N) is 1. The highest BCUT2D eigenvalue weighted by molar-refractivity contribution is 8.17. The minimum Gasteiger partial charge on any atom is -0.392 e. The molecule has 0 aliphatic carbocycles. The van der Waals surface area contributed by atoms with Gasteiger partial charge in [0.1, 0.15) is 17.7 Å². The number of rotatable bonds is 1. The largest absolute Gasteiger partial charge is 0.392 e. The van der Waals surface area contributed by atoms with E-state index >= 15 is 0 Å². The molecule has 0 atom stereocenters. The fourth-order valence-corrected chi connectivity index (χ4v) is 2.01. The number of aliphatic imine (C=N–C) groups is 1. The van der Waals surface area contributed by atoms with Crippen LogP contribution in [-0.2, 0) is 0 Å². The molecule has 0 fully saturated rings. The molecule has 19 heavy (non-hydrogen) atoms. The third-order valence-electron chi connectivity index (χ3n) is 2.16. The Morgan fingerprint density at radius 1 is 1.21 bits per heavy atom. The fourth-order valence-electron chi connectivity index (χ4n) is 1.31. The molecule has 6 nitrogen and oxygen atoms in total. The number of hydrogen-bond donors (Lipinski definition) is 2. The minimum atomic E-state index is -0.0502. The summed E-state index contributed by atoms with van der Waals surface area (Å²) < 4.78 is 0. The molecule has 2 rings (SSSR count). The molecule has 0 aromatic heterocycles. The van der Waals surface area contributed by atoms with Gasteiger partial charge in [-0.2, -0.15) is 15.6 Å². The summed E-state index contributed by atoms with van der Waals surface area (Å²) in [6.45, 7) is 0. The van der Waals surface area contributed by atoms with Crippen LogP contribution in [0.1, 0.15) is 0 Å². The zero-order chi connectivity index (χ0) is 13.7. The Hall–Kier alpha value is -2.77. The van der Waals surface area contributed by atoms with E-state index in [1.807, 2.05) is 42.5 Å². The van der Waals surface area contributed by atoms with Gasteiger partial charge in [0.05, 0.1) is 10.7 Å². The maximum absolute atomic E-state index is 8.96. The highest BCUT2D eigenvalue weighted by Crippen LogP contribution is 2.21. The van der Waals surface area contributed by atoms with Crippen LogP contribution in [0.4, 0.5) is 5.69 Å². The van der Waals surface area contributed by atoms with Gasteiger partial charge in [0, 0.05) is 0 Å². The molecule has 7 heteroatoms. The monoisotopic (exact) mass is 268 g/mol. The molecule has 0 unspecified atom stereocenters. The number of nitrogens with two attached hydrogens (primary N) is 1. The van der Waals surface area contributed by atoms with E-state index in [1.54, 1.807) is 0 Å². The van der Waals surface area contributed by atoms with Crippen LogP contribution in [0.25, 0.3) is 0 Å². The Labute approximate surface area is 113 Å². The first-order chi connectivity index (χ1) is 9.24. The summed E-state index contributed by atoms with van der Waals surface area (Å²) in [5.41, 5.74) is 9.12. The van der Waals surface area contributed by atoms with Gasteiger partial charge in [-0.15, -0.1) is 0 Å². The molecule has 0 spiro atoms. The molecule has 0 saturated carbocycles. The summed E-state index contributed by atoms with van der Waals surface area (Å²) in [6.07, 6.45) is 0. The molecule has 1 aromatic rings. The Morgan fingerprint density at radius 2 is 1.95 bits per heavy atom. The second-order valence-corrected chi connectivity index (χ2v) is 4.42. The summed E-state index contributed by atoms with van der Waals surface area (Å²) in [5, 5.41) is 22.3. The van der Waals surface area contributed by atoms with E-state index in [-0.39, 0.29) is 16.3 Å². The van der Waals surface area contributed by atoms with Gasteiger partial charge >= 0.3 is 0 Å². The van der Waals surface area contributed by atoms with E-state index in [4.69, 9.17) is 16.3 Å². The molecule has 1 aromatic carbocycles. The Kier molecular flexibility index (Phi) is 3.81. The molecule has 1 aliphatic rings. The molecule has 92 valence electrons. The number of para-hydroxylation sites is 1. The van der Waals surface area contributed by atoms with E-state index in [0.717, 1.165) is 17.4 Å². The lowest BCUT2D eigenvalue weighted by Crippen LogP contribution is -2.14. The molecule has 0 amide bonds. The number of hydrazone groups is 1. The number of allylic oxidation sites excluding steroid dienone is 1. The van der Waals surface area contributed by atoms with Gasteiger partial charge in [0.25, 0.3) is 0 Å². The van der Waals surface area contributed by atoms with Crippen molar-refractivity contribution >= 4 is 28.3 Å². The van der Waals surface area contributed by atoms with Gasteiger partial charge < -0.3 is 5.73 Å². The predicted octanol–water partition coefficient (Wildman–Crippen LogP) is 1.58. The van der Waals surface area contributed by atoms with E-state index in [0.29, 0.717) is 5.17 Å². The highest BCUT2D eigenvalue weighted by atomic mass is 32.2. The number of nitrogens with zero attached hydrogens (tertiary/aromatic N) is 4. The van der Waals surface area contributed by atoms with Crippen LogP contribution in [0.5, 0.6) is 0 Å². The van der Waals surface area contributed by atoms with Gasteiger partial charge in [-0.05, 0) is 23.9 Å². The number of thioether (sulfide) groups is 1. The van der Waals surface area contributed by atoms with E-state index in [1.165, 1.54) is 0 Å². The zero-order valence-electron chi connectivity index (χ0n) is 9.66. The highest BCUT2D eigenvalue weighted by Gasteiger charge is 2.18. The SMILES string of the molecule is N#CC1=NNC(=Nc2ccccc2)SC(N)=C1C#N. The first-order valence-electron chi connectivity index (χ1n) is 5.20. The van der Waals surface area contributed by atoms with Crippen molar-refractivity contribution in [3.8, 4) is 12.1 Å². The third-order valence-corrected chi connectivity index (χ3v) is 2.96. The van der Waals surface area contributed by atoms with E-state index in [9.17, 15) is 0 Å². The van der Waals surface area contributed by atoms with Crippen molar-refractivity contribution in [2.75, 3.05) is 0 Å². The molecule has 0 saturated heterocycles. The van der Waals surface area contributed by atoms with Gasteiger partial charge in [-0.25, -0.2) is 4.99 Å². The van der Waals surface area contributed by atoms with Crippen molar-refractivity contribution in [2.24, 2.45) is 15.8 Å². The first-order valence-corrected chi connectivity index (χ1v) is 6.02. The van der Waals surface area contributed by atoms with Crippen LogP contribution in [0.2, 0.25) is 0 Å². The van der Waals surface area contributed by atoms with Crippen LogP contribution < -0.4 is 11.2 Å². The second kappa shape index (κ2) is 5.71. The quantitative estimate of drug-likeness (QED) is 0.803. The summed E-state index contributed by atoms with van der Waals surface area (Å²) >= 11 is 1.06. The van der Waals surface area contributed by atoms with Crippen molar-refractivity contribution in [3.05, 3.63) is 40.9 Å². The van der Waals surface area contributed by atoms with Crippen molar-refractivity contribution in [3.63, 3.8) is 0 Å². The predicted molar refractivity (Wildman–Crippen MR) is 74.1 cm³/mol. The number of hydrogen-bond acceptors (Lipinski definition) is 6. The maximum atomic E-state index is 8.96. The lowest BCUT2D eigenvalue weighted by atomic mass is 10.2. The van der Waals surface area contributed by atoms with Crippen molar-refractivity contribution in [1.82, 2.24) is 5.43 Å². The van der Waals surface area contributed by atoms with Gasteiger partial charge in [0.15, 0.2) is 10.9 Å². The Morgan fingerprint density at radius 3 is 2.58 bits per heavy atom. The van der Waals surface area contributed by atoms with Crippen LogP contribution in [0.3, 0.4) is 0 Å². The van der Waals surface area contributed by atoms with Crippen LogP contribution in [0.15, 0.2) is 51.0 Å². The average molecular weight is 268 g/mol. The number of amidine groups is 1. The standard InChI is InChI=1S/C12H8N6S/c13-6-9-10(7-14)17-18-12(19-11(9)15)16-8-4-2-1-3-5-8/h1-5H,15H2,(H,16,18). The third kappa shape index (κ3) is 2.92. The van der Waals surface area contributed by atoms with Gasteiger partial charge in [-0.1, -0.05) is 18.2 Å². The van der Waals surface area contributed by atoms with Crippen LogP contribution >= 0.6 is 11.8 Å². The van der Waals surface area contributed by atoms with Crippen LogP contribution in [-0.4, -0.2) is 10.9 Å². The molecular formula is C12H8N6S. The topological polar surface area (TPSA) is 110 Å². The van der Waals surface area contributed by atoms with Gasteiger partial charge in [-0.3, -0.25) is 5.43 Å². The Bertz CT molecular complexity index is 660. The minimum absolute atomic E-state index is 0.0502. The number of nitriles is 2. The van der Waals surface area contributed by atoms with Crippen molar-refractivity contribution < 1.29 is 0 Å². The smallest absolute Gasteiger partial charge is 0.188 e. The lowest BCUT2D eigenvalue weighted by Gasteiger charge is -2.02. The van der Waals surface area contributed by atoms with E-state index < -0.39 is 0 Å². The lowest BCUT2D eigenvalue weighted by molar-refractivity contribution is 1.05. The van der Waals surface area contributed by atoms with Crippen LogP contribution in [0, 0.1) is 22.7 Å².